The lowest BCUT2D eigenvalue weighted by Gasteiger charge is -2.35. The van der Waals surface area contributed by atoms with Gasteiger partial charge in [0, 0.05) is 56.1 Å². The van der Waals surface area contributed by atoms with Gasteiger partial charge in [-0.05, 0) is 19.3 Å². The lowest BCUT2D eigenvalue weighted by molar-refractivity contribution is 0.179. The maximum atomic E-state index is 5.09. The zero-order valence-corrected chi connectivity index (χ0v) is 14.1. The summed E-state index contributed by atoms with van der Waals surface area (Å²) in [6.07, 6.45) is 5.13. The molecule has 0 unspecified atom stereocenters. The number of anilines is 2. The van der Waals surface area contributed by atoms with E-state index in [-0.39, 0.29) is 0 Å². The second-order valence-corrected chi connectivity index (χ2v) is 6.61. The van der Waals surface area contributed by atoms with E-state index < -0.39 is 0 Å². The summed E-state index contributed by atoms with van der Waals surface area (Å²) in [5.74, 6) is 1.91. The number of nitrogens with zero attached hydrogens (tertiary/aromatic N) is 6. The Balaban J connectivity index is 1.44. The van der Waals surface area contributed by atoms with Crippen LogP contribution in [0.4, 0.5) is 10.9 Å². The summed E-state index contributed by atoms with van der Waals surface area (Å²) in [5.41, 5.74) is 2.60. The highest BCUT2D eigenvalue weighted by molar-refractivity contribution is 7.09. The molecule has 0 amide bonds. The van der Waals surface area contributed by atoms with Gasteiger partial charge in [-0.2, -0.15) is 4.37 Å². The molecule has 122 valence electrons. The number of methoxy groups -OCH3 is 1. The minimum atomic E-state index is 0.476. The van der Waals surface area contributed by atoms with E-state index in [0.717, 1.165) is 55.8 Å². The fourth-order valence-electron chi connectivity index (χ4n) is 3.29. The van der Waals surface area contributed by atoms with E-state index >= 15 is 0 Å². The monoisotopic (exact) mass is 332 g/mol. The van der Waals surface area contributed by atoms with Crippen molar-refractivity contribution in [2.75, 3.05) is 43.1 Å². The van der Waals surface area contributed by atoms with Gasteiger partial charge in [-0.1, -0.05) is 0 Å². The van der Waals surface area contributed by atoms with Crippen molar-refractivity contribution in [2.45, 2.75) is 25.9 Å². The third-order valence-electron chi connectivity index (χ3n) is 4.43. The van der Waals surface area contributed by atoms with E-state index in [4.69, 9.17) is 4.74 Å². The molecule has 0 bridgehead atoms. The first kappa shape index (κ1) is 14.8. The van der Waals surface area contributed by atoms with Gasteiger partial charge in [-0.25, -0.2) is 15.0 Å². The topological polar surface area (TPSA) is 67.3 Å². The van der Waals surface area contributed by atoms with Gasteiger partial charge in [0.2, 0.25) is 5.13 Å². The Hall–Kier alpha value is -1.80. The zero-order valence-electron chi connectivity index (χ0n) is 13.2. The van der Waals surface area contributed by atoms with Gasteiger partial charge >= 0.3 is 0 Å². The molecule has 1 fully saturated rings. The van der Waals surface area contributed by atoms with Gasteiger partial charge < -0.3 is 14.5 Å². The van der Waals surface area contributed by atoms with Crippen molar-refractivity contribution in [2.24, 2.45) is 0 Å². The van der Waals surface area contributed by atoms with Crippen LogP contribution in [0.1, 0.15) is 23.5 Å². The number of piperazine rings is 1. The molecule has 2 aromatic rings. The van der Waals surface area contributed by atoms with Crippen LogP contribution in [0.3, 0.4) is 0 Å². The number of ether oxygens (including phenoxy) is 1. The van der Waals surface area contributed by atoms with Crippen LogP contribution in [0, 0.1) is 0 Å². The Labute approximate surface area is 139 Å². The van der Waals surface area contributed by atoms with Crippen LogP contribution in [0.2, 0.25) is 0 Å². The minimum Gasteiger partial charge on any atom is -0.377 e. The highest BCUT2D eigenvalue weighted by atomic mass is 32.1. The number of rotatable bonds is 4. The second-order valence-electron chi connectivity index (χ2n) is 5.88. The predicted octanol–water partition coefficient (Wildman–Crippen LogP) is 1.29. The van der Waals surface area contributed by atoms with Crippen molar-refractivity contribution >= 4 is 22.5 Å². The summed E-state index contributed by atoms with van der Waals surface area (Å²) in [6, 6.07) is 0. The molecule has 0 spiro atoms. The third-order valence-corrected chi connectivity index (χ3v) is 5.25. The SMILES string of the molecule is COCc1nsc(N2CCN(c3ncnc4c3CCC4)CC2)n1. The fourth-order valence-corrected chi connectivity index (χ4v) is 4.01. The highest BCUT2D eigenvalue weighted by Gasteiger charge is 2.25. The van der Waals surface area contributed by atoms with Gasteiger partial charge in [0.1, 0.15) is 18.8 Å². The zero-order chi connectivity index (χ0) is 15.6. The Morgan fingerprint density at radius 1 is 1.13 bits per heavy atom. The third kappa shape index (κ3) is 2.88. The van der Waals surface area contributed by atoms with Crippen LogP contribution < -0.4 is 9.80 Å². The lowest BCUT2D eigenvalue weighted by atomic mass is 10.2. The molecule has 23 heavy (non-hydrogen) atoms. The predicted molar refractivity (Wildman–Crippen MR) is 89.1 cm³/mol. The van der Waals surface area contributed by atoms with Crippen molar-refractivity contribution in [1.82, 2.24) is 19.3 Å². The molecule has 1 aliphatic carbocycles. The van der Waals surface area contributed by atoms with Gasteiger partial charge in [-0.15, -0.1) is 0 Å². The molecule has 0 atom stereocenters. The second kappa shape index (κ2) is 6.37. The molecule has 4 rings (SSSR count). The molecule has 7 nitrogen and oxygen atoms in total. The van der Waals surface area contributed by atoms with Gasteiger partial charge in [0.05, 0.1) is 0 Å². The van der Waals surface area contributed by atoms with Crippen molar-refractivity contribution < 1.29 is 4.74 Å². The Kier molecular flexibility index (Phi) is 4.09. The average Bonchev–Trinajstić information content (AvgIpc) is 3.24. The van der Waals surface area contributed by atoms with E-state index in [1.165, 1.54) is 29.2 Å². The first-order valence-corrected chi connectivity index (χ1v) is 8.76. The first-order valence-electron chi connectivity index (χ1n) is 7.99. The summed E-state index contributed by atoms with van der Waals surface area (Å²) in [7, 11) is 1.67. The lowest BCUT2D eigenvalue weighted by Crippen LogP contribution is -2.47. The van der Waals surface area contributed by atoms with Gasteiger partial charge in [0.25, 0.3) is 0 Å². The molecule has 2 aromatic heterocycles. The van der Waals surface area contributed by atoms with Crippen LogP contribution >= 0.6 is 11.5 Å². The highest BCUT2D eigenvalue weighted by Crippen LogP contribution is 2.29. The van der Waals surface area contributed by atoms with Crippen molar-refractivity contribution in [3.63, 3.8) is 0 Å². The number of aryl methyl sites for hydroxylation is 1. The molecule has 3 heterocycles. The van der Waals surface area contributed by atoms with E-state index in [2.05, 4.69) is 29.1 Å². The van der Waals surface area contributed by atoms with Crippen molar-refractivity contribution in [1.29, 1.82) is 0 Å². The number of aromatic nitrogens is 4. The number of hydrogen-bond acceptors (Lipinski definition) is 8. The average molecular weight is 332 g/mol. The molecule has 1 saturated heterocycles. The van der Waals surface area contributed by atoms with E-state index in [1.54, 1.807) is 13.4 Å². The van der Waals surface area contributed by atoms with Crippen LogP contribution in [0.25, 0.3) is 0 Å². The quantitative estimate of drug-likeness (QED) is 0.836. The molecule has 0 N–H and O–H groups in total. The summed E-state index contributed by atoms with van der Waals surface area (Å²) in [4.78, 5) is 18.2. The summed E-state index contributed by atoms with van der Waals surface area (Å²) in [5, 5.41) is 0.990. The molecule has 0 aromatic carbocycles. The van der Waals surface area contributed by atoms with Crippen LogP contribution in [0.15, 0.2) is 6.33 Å². The van der Waals surface area contributed by atoms with Crippen LogP contribution in [-0.2, 0) is 24.2 Å². The van der Waals surface area contributed by atoms with Gasteiger partial charge in [-0.3, -0.25) is 0 Å². The first-order chi connectivity index (χ1) is 11.3. The van der Waals surface area contributed by atoms with Gasteiger partial charge in [0.15, 0.2) is 5.82 Å². The largest absolute Gasteiger partial charge is 0.377 e. The Morgan fingerprint density at radius 3 is 2.78 bits per heavy atom. The summed E-state index contributed by atoms with van der Waals surface area (Å²) < 4.78 is 9.42. The Bertz CT molecular complexity index is 682. The molecule has 1 aliphatic heterocycles. The molecular formula is C15H20N6OS. The van der Waals surface area contributed by atoms with E-state index in [1.807, 2.05) is 0 Å². The van der Waals surface area contributed by atoms with E-state index in [0.29, 0.717) is 6.61 Å². The standard InChI is InChI=1S/C15H20N6OS/c1-22-9-13-18-15(23-19-13)21-7-5-20(6-8-21)14-11-3-2-4-12(11)16-10-17-14/h10H,2-9H2,1H3. The van der Waals surface area contributed by atoms with Crippen LogP contribution in [-0.4, -0.2) is 52.6 Å². The smallest absolute Gasteiger partial charge is 0.205 e. The maximum Gasteiger partial charge on any atom is 0.205 e. The fraction of sp³-hybridized carbons (Fsp3) is 0.600. The normalized spacial score (nSPS) is 17.6. The molecule has 2 aliphatic rings. The van der Waals surface area contributed by atoms with Crippen LogP contribution in [0.5, 0.6) is 0 Å². The number of fused-ring (bicyclic) bond motifs is 1. The molecular weight excluding hydrogens is 312 g/mol. The summed E-state index contributed by atoms with van der Waals surface area (Å²) in [6.45, 7) is 4.29. The number of hydrogen-bond donors (Lipinski definition) is 0. The minimum absolute atomic E-state index is 0.476. The molecule has 0 radical (unpaired) electrons. The molecule has 8 heteroatoms. The van der Waals surface area contributed by atoms with Crippen molar-refractivity contribution in [3.8, 4) is 0 Å². The molecule has 0 saturated carbocycles. The van der Waals surface area contributed by atoms with Crippen molar-refractivity contribution in [3.05, 3.63) is 23.4 Å². The summed E-state index contributed by atoms with van der Waals surface area (Å²) >= 11 is 1.45. The maximum absolute atomic E-state index is 5.09. The van der Waals surface area contributed by atoms with E-state index in [9.17, 15) is 0 Å². The Morgan fingerprint density at radius 2 is 1.96 bits per heavy atom.